The molecule has 1 saturated heterocycles. The van der Waals surface area contributed by atoms with Gasteiger partial charge in [-0.3, -0.25) is 0 Å². The molecule has 2 rings (SSSR count). The SMILES string of the molecule is CCCO[C@H]1CCC[C@H]([NH3+])C(=O)O[C@@H](C)[C@@H]1Oc1ccccc1. The lowest BCUT2D eigenvalue weighted by Gasteiger charge is -2.31. The average molecular weight is 322 g/mol. The number of cyclic esters (lactones) is 1. The van der Waals surface area contributed by atoms with Crippen molar-refractivity contribution < 1.29 is 24.7 Å². The molecule has 0 spiro atoms. The quantitative estimate of drug-likeness (QED) is 0.841. The third-order valence-corrected chi connectivity index (χ3v) is 4.06. The second-order valence-electron chi connectivity index (χ2n) is 6.07. The molecule has 1 aliphatic heterocycles. The van der Waals surface area contributed by atoms with Crippen molar-refractivity contribution >= 4 is 5.97 Å². The summed E-state index contributed by atoms with van der Waals surface area (Å²) in [5.41, 5.74) is 3.90. The van der Waals surface area contributed by atoms with E-state index in [0.29, 0.717) is 6.61 Å². The number of hydrogen-bond acceptors (Lipinski definition) is 4. The van der Waals surface area contributed by atoms with E-state index in [0.717, 1.165) is 31.4 Å². The predicted molar refractivity (Wildman–Crippen MR) is 87.0 cm³/mol. The molecule has 0 amide bonds. The summed E-state index contributed by atoms with van der Waals surface area (Å²) in [5, 5.41) is 0. The number of para-hydroxylation sites is 1. The number of hydrogen-bond donors (Lipinski definition) is 1. The summed E-state index contributed by atoms with van der Waals surface area (Å²) in [6.45, 7) is 4.62. The Hall–Kier alpha value is -1.59. The summed E-state index contributed by atoms with van der Waals surface area (Å²) in [6.07, 6.45) is 2.58. The van der Waals surface area contributed by atoms with Crippen LogP contribution in [0.4, 0.5) is 0 Å². The number of carbonyl (C=O) groups is 1. The molecule has 0 saturated carbocycles. The van der Waals surface area contributed by atoms with Gasteiger partial charge in [0.05, 0.1) is 6.10 Å². The number of ether oxygens (including phenoxy) is 3. The minimum atomic E-state index is -0.382. The van der Waals surface area contributed by atoms with Crippen molar-refractivity contribution in [1.82, 2.24) is 0 Å². The molecule has 4 atom stereocenters. The van der Waals surface area contributed by atoms with Gasteiger partial charge in [0.2, 0.25) is 0 Å². The van der Waals surface area contributed by atoms with Crippen LogP contribution in [0.2, 0.25) is 0 Å². The van der Waals surface area contributed by atoms with Crippen molar-refractivity contribution in [2.24, 2.45) is 0 Å². The van der Waals surface area contributed by atoms with E-state index in [4.69, 9.17) is 14.2 Å². The van der Waals surface area contributed by atoms with E-state index in [1.807, 2.05) is 37.3 Å². The number of benzene rings is 1. The summed E-state index contributed by atoms with van der Waals surface area (Å²) >= 11 is 0. The molecule has 0 radical (unpaired) electrons. The van der Waals surface area contributed by atoms with E-state index in [1.165, 1.54) is 0 Å². The highest BCUT2D eigenvalue weighted by Crippen LogP contribution is 2.23. The highest BCUT2D eigenvalue weighted by atomic mass is 16.6. The standard InChI is InChI=1S/C18H27NO4/c1-3-12-21-16-11-7-10-15(19)18(20)22-13(2)17(16)23-14-8-5-4-6-9-14/h4-6,8-9,13,15-17H,3,7,10-12,19H2,1-2H3/p+1/t13-,15-,16-,17-/m0/s1. The van der Waals surface area contributed by atoms with Gasteiger partial charge in [-0.2, -0.15) is 0 Å². The van der Waals surface area contributed by atoms with Crippen molar-refractivity contribution in [2.45, 2.75) is 63.9 Å². The van der Waals surface area contributed by atoms with Crippen molar-refractivity contribution in [3.05, 3.63) is 30.3 Å². The maximum atomic E-state index is 12.1. The van der Waals surface area contributed by atoms with Gasteiger partial charge in [-0.05, 0) is 38.3 Å². The second-order valence-corrected chi connectivity index (χ2v) is 6.07. The number of quaternary nitrogens is 1. The number of rotatable bonds is 5. The lowest BCUT2D eigenvalue weighted by atomic mass is 10.0. The van der Waals surface area contributed by atoms with Crippen LogP contribution in [0.1, 0.15) is 39.5 Å². The Morgan fingerprint density at radius 1 is 1.26 bits per heavy atom. The third kappa shape index (κ3) is 5.22. The highest BCUT2D eigenvalue weighted by Gasteiger charge is 2.35. The maximum absolute atomic E-state index is 12.1. The van der Waals surface area contributed by atoms with E-state index in [-0.39, 0.29) is 30.3 Å². The Bertz CT molecular complexity index is 479. The molecule has 1 heterocycles. The predicted octanol–water partition coefficient (Wildman–Crippen LogP) is 1.96. The van der Waals surface area contributed by atoms with E-state index >= 15 is 0 Å². The third-order valence-electron chi connectivity index (χ3n) is 4.06. The van der Waals surface area contributed by atoms with E-state index in [1.54, 1.807) is 0 Å². The zero-order valence-corrected chi connectivity index (χ0v) is 14.1. The fraction of sp³-hybridized carbons (Fsp3) is 0.611. The topological polar surface area (TPSA) is 72.4 Å². The summed E-state index contributed by atoms with van der Waals surface area (Å²) in [6, 6.07) is 9.28. The van der Waals surface area contributed by atoms with Gasteiger partial charge >= 0.3 is 5.97 Å². The summed E-state index contributed by atoms with van der Waals surface area (Å²) in [5.74, 6) is 0.506. The molecule has 1 aromatic rings. The second kappa shape index (κ2) is 8.89. The molecule has 0 aliphatic carbocycles. The van der Waals surface area contributed by atoms with Crippen LogP contribution < -0.4 is 10.5 Å². The van der Waals surface area contributed by atoms with Gasteiger partial charge < -0.3 is 19.9 Å². The van der Waals surface area contributed by atoms with Crippen LogP contribution in [0.3, 0.4) is 0 Å². The van der Waals surface area contributed by atoms with Gasteiger partial charge in [0.25, 0.3) is 0 Å². The molecule has 0 unspecified atom stereocenters. The first-order chi connectivity index (χ1) is 11.1. The molecule has 3 N–H and O–H groups in total. The van der Waals surface area contributed by atoms with Crippen LogP contribution in [-0.2, 0) is 14.3 Å². The Morgan fingerprint density at radius 2 is 2.00 bits per heavy atom. The van der Waals surface area contributed by atoms with Crippen LogP contribution >= 0.6 is 0 Å². The Labute approximate surface area is 138 Å². The van der Waals surface area contributed by atoms with Crippen molar-refractivity contribution in [2.75, 3.05) is 6.61 Å². The normalized spacial score (nSPS) is 29.1. The van der Waals surface area contributed by atoms with Gasteiger partial charge in [-0.1, -0.05) is 25.1 Å². The first kappa shape index (κ1) is 17.8. The first-order valence-electron chi connectivity index (χ1n) is 8.48. The van der Waals surface area contributed by atoms with E-state index in [9.17, 15) is 4.79 Å². The Morgan fingerprint density at radius 3 is 2.70 bits per heavy atom. The smallest absolute Gasteiger partial charge is 0.365 e. The van der Waals surface area contributed by atoms with Crippen LogP contribution in [0.5, 0.6) is 5.75 Å². The van der Waals surface area contributed by atoms with Gasteiger partial charge in [0, 0.05) is 13.0 Å². The van der Waals surface area contributed by atoms with Crippen molar-refractivity contribution in [3.8, 4) is 5.75 Å². The Balaban J connectivity index is 2.18. The average Bonchev–Trinajstić information content (AvgIpc) is 2.60. The lowest BCUT2D eigenvalue weighted by Crippen LogP contribution is -2.65. The summed E-state index contributed by atoms with van der Waals surface area (Å²) in [4.78, 5) is 12.1. The molecule has 128 valence electrons. The molecule has 0 aromatic heterocycles. The molecule has 1 aliphatic rings. The van der Waals surface area contributed by atoms with E-state index < -0.39 is 0 Å². The van der Waals surface area contributed by atoms with Crippen molar-refractivity contribution in [3.63, 3.8) is 0 Å². The number of carbonyl (C=O) groups excluding carboxylic acids is 1. The molecule has 1 aromatic carbocycles. The first-order valence-corrected chi connectivity index (χ1v) is 8.48. The lowest BCUT2D eigenvalue weighted by molar-refractivity contribution is -0.410. The minimum Gasteiger partial charge on any atom is -0.484 e. The number of esters is 1. The summed E-state index contributed by atoms with van der Waals surface area (Å²) < 4.78 is 17.7. The largest absolute Gasteiger partial charge is 0.484 e. The van der Waals surface area contributed by atoms with Gasteiger partial charge in [-0.25, -0.2) is 4.79 Å². The van der Waals surface area contributed by atoms with Crippen LogP contribution in [0, 0.1) is 0 Å². The van der Waals surface area contributed by atoms with Crippen LogP contribution in [0.15, 0.2) is 30.3 Å². The van der Waals surface area contributed by atoms with Gasteiger partial charge in [0.15, 0.2) is 12.1 Å². The van der Waals surface area contributed by atoms with E-state index in [2.05, 4.69) is 12.7 Å². The monoisotopic (exact) mass is 322 g/mol. The van der Waals surface area contributed by atoms with Crippen LogP contribution in [0.25, 0.3) is 0 Å². The molecule has 5 nitrogen and oxygen atoms in total. The zero-order valence-electron chi connectivity index (χ0n) is 14.1. The molecule has 0 bridgehead atoms. The Kier molecular flexibility index (Phi) is 6.86. The highest BCUT2D eigenvalue weighted by molar-refractivity contribution is 5.74. The maximum Gasteiger partial charge on any atom is 0.365 e. The fourth-order valence-electron chi connectivity index (χ4n) is 2.77. The zero-order chi connectivity index (χ0) is 16.7. The minimum absolute atomic E-state index is 0.0942. The van der Waals surface area contributed by atoms with Gasteiger partial charge in [0.1, 0.15) is 11.9 Å². The molecular formula is C18H28NO4+. The molecular weight excluding hydrogens is 294 g/mol. The van der Waals surface area contributed by atoms with Crippen molar-refractivity contribution in [1.29, 1.82) is 0 Å². The molecule has 5 heteroatoms. The van der Waals surface area contributed by atoms with Crippen LogP contribution in [-0.4, -0.2) is 36.9 Å². The molecule has 1 fully saturated rings. The van der Waals surface area contributed by atoms with Gasteiger partial charge in [-0.15, -0.1) is 0 Å². The fourth-order valence-corrected chi connectivity index (χ4v) is 2.77. The molecule has 23 heavy (non-hydrogen) atoms. The summed E-state index contributed by atoms with van der Waals surface area (Å²) in [7, 11) is 0.